The summed E-state index contributed by atoms with van der Waals surface area (Å²) in [6.45, 7) is 1.99. The van der Waals surface area contributed by atoms with Gasteiger partial charge in [0.25, 0.3) is 5.91 Å². The lowest BCUT2D eigenvalue weighted by Crippen LogP contribution is -2.45. The first-order valence-corrected chi connectivity index (χ1v) is 12.1. The van der Waals surface area contributed by atoms with Crippen molar-refractivity contribution in [2.75, 3.05) is 35.7 Å². The van der Waals surface area contributed by atoms with Crippen molar-refractivity contribution >= 4 is 40.5 Å². The van der Waals surface area contributed by atoms with E-state index in [1.165, 1.54) is 19.1 Å². The summed E-state index contributed by atoms with van der Waals surface area (Å²) in [5, 5.41) is 8.74. The molecule has 0 spiro atoms. The van der Waals surface area contributed by atoms with Gasteiger partial charge in [0.2, 0.25) is 5.91 Å². The van der Waals surface area contributed by atoms with Gasteiger partial charge in [-0.15, -0.1) is 0 Å². The van der Waals surface area contributed by atoms with Crippen LogP contribution < -0.4 is 25.6 Å². The number of methoxy groups -OCH3 is 1. The van der Waals surface area contributed by atoms with Gasteiger partial charge < -0.3 is 25.6 Å². The summed E-state index contributed by atoms with van der Waals surface area (Å²) in [6, 6.07) is 15.6. The Labute approximate surface area is 222 Å². The molecule has 1 aliphatic heterocycles. The molecule has 2 amide bonds. The normalized spacial score (nSPS) is 14.9. The van der Waals surface area contributed by atoms with Gasteiger partial charge in [-0.25, -0.2) is 0 Å². The summed E-state index contributed by atoms with van der Waals surface area (Å²) in [5.41, 5.74) is 2.14. The van der Waals surface area contributed by atoms with E-state index in [4.69, 9.17) is 16.3 Å². The number of hydrogen-bond acceptors (Lipinski definition) is 5. The van der Waals surface area contributed by atoms with Crippen LogP contribution >= 0.6 is 11.6 Å². The first-order valence-electron chi connectivity index (χ1n) is 11.8. The Morgan fingerprint density at radius 2 is 1.84 bits per heavy atom. The molecule has 1 unspecified atom stereocenters. The summed E-state index contributed by atoms with van der Waals surface area (Å²) >= 11 is 5.72. The Bertz CT molecular complexity index is 1330. The highest BCUT2D eigenvalue weighted by atomic mass is 35.5. The fraction of sp³-hybridized carbons (Fsp3) is 0.259. The SMILES string of the molecule is COc1ccc(C2Nc3ccc(NCc4ccc(Cl)c(C(F)(F)F)c4)cc3N(CCNC(C)=O)C2=O)cc1. The van der Waals surface area contributed by atoms with Gasteiger partial charge >= 0.3 is 6.18 Å². The molecule has 7 nitrogen and oxygen atoms in total. The number of halogens is 4. The maximum absolute atomic E-state index is 13.6. The predicted octanol–water partition coefficient (Wildman–Crippen LogP) is 5.62. The van der Waals surface area contributed by atoms with Gasteiger partial charge in [0.15, 0.2) is 0 Å². The third kappa shape index (κ3) is 6.13. The van der Waals surface area contributed by atoms with Crippen LogP contribution in [0.3, 0.4) is 0 Å². The van der Waals surface area contributed by atoms with Crippen LogP contribution in [0, 0.1) is 0 Å². The first kappa shape index (κ1) is 27.1. The number of hydrogen-bond donors (Lipinski definition) is 3. The molecular weight excluding hydrogens is 521 g/mol. The third-order valence-corrected chi connectivity index (χ3v) is 6.42. The molecule has 3 N–H and O–H groups in total. The Balaban J connectivity index is 1.59. The van der Waals surface area contributed by atoms with E-state index >= 15 is 0 Å². The summed E-state index contributed by atoms with van der Waals surface area (Å²) < 4.78 is 44.9. The standard InChI is InChI=1S/C27H26ClF3N4O3/c1-16(36)32-11-12-35-24-14-19(33-15-17-3-9-22(28)21(13-17)27(29,30)31)6-10-23(24)34-25(26(35)37)18-4-7-20(38-2)8-5-18/h3-10,13-14,25,33-34H,11-12,15H2,1-2H3,(H,32,36). The highest BCUT2D eigenvalue weighted by Gasteiger charge is 2.34. The van der Waals surface area contributed by atoms with Crippen LogP contribution in [0.25, 0.3) is 0 Å². The smallest absolute Gasteiger partial charge is 0.417 e. The summed E-state index contributed by atoms with van der Waals surface area (Å²) in [7, 11) is 1.56. The number of alkyl halides is 3. The minimum atomic E-state index is -4.56. The quantitative estimate of drug-likeness (QED) is 0.342. The zero-order valence-corrected chi connectivity index (χ0v) is 21.4. The Morgan fingerprint density at radius 3 is 2.50 bits per heavy atom. The lowest BCUT2D eigenvalue weighted by atomic mass is 10.0. The van der Waals surface area contributed by atoms with Crippen molar-refractivity contribution in [3.8, 4) is 5.75 Å². The van der Waals surface area contributed by atoms with Crippen LogP contribution in [-0.4, -0.2) is 32.0 Å². The molecule has 0 saturated heterocycles. The van der Waals surface area contributed by atoms with Crippen molar-refractivity contribution in [2.24, 2.45) is 0 Å². The molecule has 4 rings (SSSR count). The van der Waals surface area contributed by atoms with E-state index in [0.717, 1.165) is 11.6 Å². The molecule has 3 aromatic carbocycles. The highest BCUT2D eigenvalue weighted by molar-refractivity contribution is 6.31. The van der Waals surface area contributed by atoms with E-state index in [1.807, 2.05) is 12.1 Å². The molecule has 0 saturated carbocycles. The molecule has 0 radical (unpaired) electrons. The fourth-order valence-corrected chi connectivity index (χ4v) is 4.40. The number of anilines is 3. The number of nitrogens with zero attached hydrogens (tertiary/aromatic N) is 1. The molecule has 1 heterocycles. The van der Waals surface area contributed by atoms with Crippen LogP contribution in [0.5, 0.6) is 5.75 Å². The van der Waals surface area contributed by atoms with Gasteiger partial charge in [-0.3, -0.25) is 9.59 Å². The molecule has 0 fully saturated rings. The van der Waals surface area contributed by atoms with Crippen LogP contribution in [0.4, 0.5) is 30.2 Å². The zero-order chi connectivity index (χ0) is 27.4. The summed E-state index contributed by atoms with van der Waals surface area (Å²) in [6.07, 6.45) is -4.56. The van der Waals surface area contributed by atoms with E-state index in [-0.39, 0.29) is 36.5 Å². The van der Waals surface area contributed by atoms with Crippen molar-refractivity contribution in [1.29, 1.82) is 0 Å². The lowest BCUT2D eigenvalue weighted by Gasteiger charge is -2.36. The van der Waals surface area contributed by atoms with Gasteiger partial charge in [0, 0.05) is 32.2 Å². The van der Waals surface area contributed by atoms with Crippen molar-refractivity contribution in [2.45, 2.75) is 25.7 Å². The largest absolute Gasteiger partial charge is 0.497 e. The second-order valence-corrected chi connectivity index (χ2v) is 9.13. The van der Waals surface area contributed by atoms with Gasteiger partial charge in [-0.05, 0) is 53.6 Å². The summed E-state index contributed by atoms with van der Waals surface area (Å²) in [5.74, 6) is 0.243. The Kier molecular flexibility index (Phi) is 8.01. The molecule has 0 bridgehead atoms. The topological polar surface area (TPSA) is 82.7 Å². The first-order chi connectivity index (χ1) is 18.1. The predicted molar refractivity (Wildman–Crippen MR) is 141 cm³/mol. The van der Waals surface area contributed by atoms with E-state index in [9.17, 15) is 22.8 Å². The lowest BCUT2D eigenvalue weighted by molar-refractivity contribution is -0.137. The van der Waals surface area contributed by atoms with Crippen LogP contribution in [-0.2, 0) is 22.3 Å². The number of carbonyl (C=O) groups excluding carboxylic acids is 2. The number of amides is 2. The maximum Gasteiger partial charge on any atom is 0.417 e. The molecule has 200 valence electrons. The molecule has 3 aromatic rings. The molecule has 0 aromatic heterocycles. The molecule has 38 heavy (non-hydrogen) atoms. The Hall–Kier alpha value is -3.92. The average Bonchev–Trinajstić information content (AvgIpc) is 2.88. The molecule has 0 aliphatic carbocycles. The van der Waals surface area contributed by atoms with E-state index in [2.05, 4.69) is 16.0 Å². The average molecular weight is 547 g/mol. The minimum Gasteiger partial charge on any atom is -0.497 e. The minimum absolute atomic E-state index is 0.112. The van der Waals surface area contributed by atoms with E-state index < -0.39 is 17.8 Å². The van der Waals surface area contributed by atoms with Crippen LogP contribution in [0.15, 0.2) is 60.7 Å². The molecule has 1 atom stereocenters. The van der Waals surface area contributed by atoms with Crippen molar-refractivity contribution in [3.05, 3.63) is 82.4 Å². The van der Waals surface area contributed by atoms with Crippen LogP contribution in [0.1, 0.15) is 29.7 Å². The number of benzene rings is 3. The van der Waals surface area contributed by atoms with Crippen LogP contribution in [0.2, 0.25) is 5.02 Å². The summed E-state index contributed by atoms with van der Waals surface area (Å²) in [4.78, 5) is 26.6. The van der Waals surface area contributed by atoms with Gasteiger partial charge in [0.05, 0.1) is 29.1 Å². The molecule has 1 aliphatic rings. The second-order valence-electron chi connectivity index (χ2n) is 8.72. The number of rotatable bonds is 8. The maximum atomic E-state index is 13.6. The second kappa shape index (κ2) is 11.2. The molecular formula is C27H26ClF3N4O3. The number of ether oxygens (including phenoxy) is 1. The zero-order valence-electron chi connectivity index (χ0n) is 20.7. The van der Waals surface area contributed by atoms with Gasteiger partial charge in [-0.2, -0.15) is 13.2 Å². The van der Waals surface area contributed by atoms with Crippen molar-refractivity contribution in [1.82, 2.24) is 5.32 Å². The Morgan fingerprint density at radius 1 is 1.11 bits per heavy atom. The number of carbonyl (C=O) groups is 2. The fourth-order valence-electron chi connectivity index (χ4n) is 4.18. The van der Waals surface area contributed by atoms with Gasteiger partial charge in [-0.1, -0.05) is 29.8 Å². The number of fused-ring (bicyclic) bond motifs is 1. The van der Waals surface area contributed by atoms with Gasteiger partial charge in [0.1, 0.15) is 11.8 Å². The van der Waals surface area contributed by atoms with Crippen molar-refractivity contribution < 1.29 is 27.5 Å². The molecule has 11 heteroatoms. The highest BCUT2D eigenvalue weighted by Crippen LogP contribution is 2.39. The van der Waals surface area contributed by atoms with E-state index in [0.29, 0.717) is 28.4 Å². The third-order valence-electron chi connectivity index (χ3n) is 6.09. The number of nitrogens with one attached hydrogen (secondary N) is 3. The monoisotopic (exact) mass is 546 g/mol. The van der Waals surface area contributed by atoms with E-state index in [1.54, 1.807) is 42.3 Å². The van der Waals surface area contributed by atoms with Crippen molar-refractivity contribution in [3.63, 3.8) is 0 Å².